The molecule has 0 atom stereocenters. The highest BCUT2D eigenvalue weighted by molar-refractivity contribution is 6.33. The number of carbonyl (C=O) groups excluding carboxylic acids is 1. The molecule has 2 aromatic rings. The molecule has 0 aromatic carbocycles. The van der Waals surface area contributed by atoms with Crippen molar-refractivity contribution >= 4 is 23.3 Å². The van der Waals surface area contributed by atoms with E-state index in [1.54, 1.807) is 13.2 Å². The Kier molecular flexibility index (Phi) is 2.55. The Morgan fingerprint density at radius 3 is 2.94 bits per heavy atom. The van der Waals surface area contributed by atoms with Gasteiger partial charge in [-0.25, -0.2) is 0 Å². The third-order valence-corrected chi connectivity index (χ3v) is 3.05. The molecule has 0 aliphatic heterocycles. The third-order valence-electron chi connectivity index (χ3n) is 2.77. The average Bonchev–Trinajstić information content (AvgIpc) is 2.96. The molecule has 1 saturated carbocycles. The average molecular weight is 267 g/mol. The Morgan fingerprint density at radius 1 is 1.56 bits per heavy atom. The van der Waals surface area contributed by atoms with Gasteiger partial charge in [-0.1, -0.05) is 11.6 Å². The molecule has 1 fully saturated rings. The molecule has 2 aromatic heterocycles. The number of rotatable bonds is 3. The van der Waals surface area contributed by atoms with Gasteiger partial charge in [0.05, 0.1) is 5.69 Å². The van der Waals surface area contributed by atoms with Gasteiger partial charge in [-0.2, -0.15) is 20.5 Å². The highest BCUT2D eigenvalue weighted by Crippen LogP contribution is 2.40. The zero-order valence-electron chi connectivity index (χ0n) is 9.64. The van der Waals surface area contributed by atoms with Gasteiger partial charge in [0, 0.05) is 19.2 Å². The first-order valence-corrected chi connectivity index (χ1v) is 5.94. The molecular formula is C10H11ClN6O. The van der Waals surface area contributed by atoms with Crippen molar-refractivity contribution in [2.24, 2.45) is 7.05 Å². The van der Waals surface area contributed by atoms with Crippen molar-refractivity contribution < 1.29 is 4.79 Å². The van der Waals surface area contributed by atoms with E-state index in [1.807, 2.05) is 0 Å². The molecule has 0 unspecified atom stereocenters. The number of aryl methyl sites for hydroxylation is 1. The van der Waals surface area contributed by atoms with Gasteiger partial charge in [0.25, 0.3) is 5.91 Å². The first-order valence-electron chi connectivity index (χ1n) is 5.56. The van der Waals surface area contributed by atoms with Gasteiger partial charge < -0.3 is 5.32 Å². The highest BCUT2D eigenvalue weighted by Gasteiger charge is 2.32. The van der Waals surface area contributed by atoms with Crippen LogP contribution >= 0.6 is 11.6 Å². The maximum absolute atomic E-state index is 12.0. The van der Waals surface area contributed by atoms with E-state index >= 15 is 0 Å². The lowest BCUT2D eigenvalue weighted by atomic mass is 10.2. The first-order chi connectivity index (χ1) is 8.65. The van der Waals surface area contributed by atoms with Crippen molar-refractivity contribution in [2.75, 3.05) is 5.32 Å². The number of halogens is 1. The fourth-order valence-corrected chi connectivity index (χ4v) is 1.98. The highest BCUT2D eigenvalue weighted by atomic mass is 35.5. The number of aromatic amines is 1. The van der Waals surface area contributed by atoms with E-state index < -0.39 is 0 Å². The van der Waals surface area contributed by atoms with E-state index in [9.17, 15) is 4.79 Å². The lowest BCUT2D eigenvalue weighted by Gasteiger charge is -2.00. The molecule has 0 bridgehead atoms. The number of anilines is 1. The summed E-state index contributed by atoms with van der Waals surface area (Å²) in [5, 5.41) is 17.5. The Morgan fingerprint density at radius 2 is 2.33 bits per heavy atom. The molecule has 7 nitrogen and oxygen atoms in total. The Hall–Kier alpha value is -1.89. The molecule has 2 N–H and O–H groups in total. The second-order valence-corrected chi connectivity index (χ2v) is 4.69. The van der Waals surface area contributed by atoms with Crippen LogP contribution in [0.1, 0.15) is 34.9 Å². The molecule has 0 spiro atoms. The first kappa shape index (κ1) is 11.2. The minimum Gasteiger partial charge on any atom is -0.302 e. The van der Waals surface area contributed by atoms with Gasteiger partial charge in [0.15, 0.2) is 11.5 Å². The van der Waals surface area contributed by atoms with E-state index in [0.717, 1.165) is 18.5 Å². The van der Waals surface area contributed by atoms with Gasteiger partial charge in [0.1, 0.15) is 5.02 Å². The predicted molar refractivity (Wildman–Crippen MR) is 64.5 cm³/mol. The van der Waals surface area contributed by atoms with E-state index in [0.29, 0.717) is 22.5 Å². The topological polar surface area (TPSA) is 88.5 Å². The van der Waals surface area contributed by atoms with Crippen LogP contribution in [-0.4, -0.2) is 31.1 Å². The largest absolute Gasteiger partial charge is 0.302 e. The summed E-state index contributed by atoms with van der Waals surface area (Å²) >= 11 is 5.92. The zero-order valence-corrected chi connectivity index (χ0v) is 10.4. The molecular weight excluding hydrogens is 256 g/mol. The summed E-state index contributed by atoms with van der Waals surface area (Å²) in [6.45, 7) is 0. The Balaban J connectivity index is 1.82. The fraction of sp³-hybridized carbons (Fsp3) is 0.400. The molecule has 1 aliphatic carbocycles. The van der Waals surface area contributed by atoms with Crippen molar-refractivity contribution in [3.63, 3.8) is 0 Å². The smallest absolute Gasteiger partial charge is 0.279 e. The lowest BCUT2D eigenvalue weighted by molar-refractivity contribution is 0.102. The molecule has 8 heteroatoms. The predicted octanol–water partition coefficient (Wildman–Crippen LogP) is 1.32. The van der Waals surface area contributed by atoms with Crippen molar-refractivity contribution in [2.45, 2.75) is 18.8 Å². The third kappa shape index (κ3) is 1.97. The monoisotopic (exact) mass is 266 g/mol. The normalized spacial score (nSPS) is 14.8. The number of nitrogens with zero attached hydrogens (tertiary/aromatic N) is 4. The number of aromatic nitrogens is 5. The van der Waals surface area contributed by atoms with Crippen LogP contribution in [0.25, 0.3) is 0 Å². The van der Waals surface area contributed by atoms with E-state index in [4.69, 9.17) is 11.6 Å². The summed E-state index contributed by atoms with van der Waals surface area (Å²) in [4.78, 5) is 12.0. The molecule has 18 heavy (non-hydrogen) atoms. The van der Waals surface area contributed by atoms with Gasteiger partial charge in [0.2, 0.25) is 0 Å². The zero-order chi connectivity index (χ0) is 12.7. The van der Waals surface area contributed by atoms with Crippen LogP contribution < -0.4 is 5.32 Å². The number of amides is 1. The molecule has 1 aliphatic rings. The summed E-state index contributed by atoms with van der Waals surface area (Å²) in [5.41, 5.74) is 1.04. The number of hydrogen-bond acceptors (Lipinski definition) is 4. The molecule has 94 valence electrons. The van der Waals surface area contributed by atoms with Crippen LogP contribution in [0.3, 0.4) is 0 Å². The summed E-state index contributed by atoms with van der Waals surface area (Å²) in [5.74, 6) is 0.337. The van der Waals surface area contributed by atoms with Gasteiger partial charge >= 0.3 is 0 Å². The van der Waals surface area contributed by atoms with Crippen molar-refractivity contribution in [1.29, 1.82) is 0 Å². The van der Waals surface area contributed by atoms with Crippen LogP contribution in [0.15, 0.2) is 6.20 Å². The standard InChI is InChI=1S/C10H11ClN6O/c1-17-4-6(11)9(15-17)12-10(18)8-7(5-2-3-5)13-16-14-8/h4-5H,2-3H2,1H3,(H,12,15,18)(H,13,14,16). The van der Waals surface area contributed by atoms with Crippen LogP contribution in [0.5, 0.6) is 0 Å². The SMILES string of the molecule is Cn1cc(Cl)c(NC(=O)c2n[nH]nc2C2CC2)n1. The molecule has 3 rings (SSSR count). The van der Waals surface area contributed by atoms with E-state index in [2.05, 4.69) is 25.8 Å². The van der Waals surface area contributed by atoms with Gasteiger partial charge in [-0.15, -0.1) is 0 Å². The summed E-state index contributed by atoms with van der Waals surface area (Å²) in [7, 11) is 1.73. The number of hydrogen-bond donors (Lipinski definition) is 2. The maximum atomic E-state index is 12.0. The van der Waals surface area contributed by atoms with Crippen LogP contribution in [0.2, 0.25) is 5.02 Å². The number of nitrogens with one attached hydrogen (secondary N) is 2. The van der Waals surface area contributed by atoms with Crippen molar-refractivity contribution in [3.05, 3.63) is 22.6 Å². The molecule has 0 radical (unpaired) electrons. The van der Waals surface area contributed by atoms with Gasteiger partial charge in [-0.3, -0.25) is 9.48 Å². The second-order valence-electron chi connectivity index (χ2n) is 4.29. The minimum atomic E-state index is -0.341. The lowest BCUT2D eigenvalue weighted by Crippen LogP contribution is -2.15. The molecule has 2 heterocycles. The fourth-order valence-electron chi connectivity index (χ4n) is 1.76. The molecule has 1 amide bonds. The van der Waals surface area contributed by atoms with Crippen molar-refractivity contribution in [1.82, 2.24) is 25.2 Å². The Labute approximate surface area is 108 Å². The second kappa shape index (κ2) is 4.09. The van der Waals surface area contributed by atoms with Crippen LogP contribution in [0.4, 0.5) is 5.82 Å². The quantitative estimate of drug-likeness (QED) is 0.877. The van der Waals surface area contributed by atoms with Gasteiger partial charge in [-0.05, 0) is 12.8 Å². The number of carbonyl (C=O) groups is 1. The molecule has 0 saturated heterocycles. The summed E-state index contributed by atoms with van der Waals surface area (Å²) in [6, 6.07) is 0. The van der Waals surface area contributed by atoms with E-state index in [-0.39, 0.29) is 5.91 Å². The van der Waals surface area contributed by atoms with Crippen molar-refractivity contribution in [3.8, 4) is 0 Å². The Bertz CT molecular complexity index is 599. The van der Waals surface area contributed by atoms with Crippen LogP contribution in [-0.2, 0) is 7.05 Å². The number of H-pyrrole nitrogens is 1. The minimum absolute atomic E-state index is 0.319. The summed E-state index contributed by atoms with van der Waals surface area (Å²) in [6.07, 6.45) is 3.72. The maximum Gasteiger partial charge on any atom is 0.279 e. The summed E-state index contributed by atoms with van der Waals surface area (Å²) < 4.78 is 1.53. The van der Waals surface area contributed by atoms with Crippen LogP contribution in [0, 0.1) is 0 Å². The van der Waals surface area contributed by atoms with E-state index in [1.165, 1.54) is 4.68 Å².